The lowest BCUT2D eigenvalue weighted by Crippen LogP contribution is -2.32. The lowest BCUT2D eigenvalue weighted by atomic mass is 9.99. The molecule has 0 spiro atoms. The van der Waals surface area contributed by atoms with Crippen molar-refractivity contribution in [2.45, 2.75) is 28.4 Å². The lowest BCUT2D eigenvalue weighted by molar-refractivity contribution is 0.112. The van der Waals surface area contributed by atoms with Gasteiger partial charge < -0.3 is 14.4 Å². The molecule has 0 aliphatic carbocycles. The predicted molar refractivity (Wildman–Crippen MR) is 103 cm³/mol. The second kappa shape index (κ2) is 7.50. The van der Waals surface area contributed by atoms with Gasteiger partial charge >= 0.3 is 0 Å². The maximum atomic E-state index is 12.9. The van der Waals surface area contributed by atoms with Gasteiger partial charge in [-0.15, -0.1) is 0 Å². The molecule has 2 aromatic carbocycles. The molecule has 0 fully saturated rings. The van der Waals surface area contributed by atoms with E-state index in [-0.39, 0.29) is 5.56 Å². The number of aliphatic hydroxyl groups is 1. The number of rotatable bonds is 3. The van der Waals surface area contributed by atoms with Gasteiger partial charge in [-0.3, -0.25) is 4.79 Å². The van der Waals surface area contributed by atoms with Crippen LogP contribution in [0.4, 0.5) is 0 Å². The third-order valence-electron chi connectivity index (χ3n) is 4.66. The Morgan fingerprint density at radius 2 is 1.78 bits per heavy atom. The molecule has 0 amide bonds. The van der Waals surface area contributed by atoms with Crippen LogP contribution >= 0.6 is 0 Å². The summed E-state index contributed by atoms with van der Waals surface area (Å²) in [5, 5.41) is 10.7. The molecule has 3 unspecified atom stereocenters. The summed E-state index contributed by atoms with van der Waals surface area (Å²) in [5.41, 5.74) is 0.457. The zero-order valence-electron chi connectivity index (χ0n) is 14.5. The quantitative estimate of drug-likeness (QED) is 0.758. The van der Waals surface area contributed by atoms with E-state index in [4.69, 9.17) is 4.74 Å². The Morgan fingerprint density at radius 1 is 1.00 bits per heavy atom. The van der Waals surface area contributed by atoms with Gasteiger partial charge in [0.05, 0.1) is 29.6 Å². The lowest BCUT2D eigenvalue weighted by Gasteiger charge is -2.24. The van der Waals surface area contributed by atoms with E-state index in [0.717, 1.165) is 0 Å². The molecule has 3 aromatic rings. The molecular weight excluding hydrogens is 362 g/mol. The maximum Gasteiger partial charge on any atom is 0.251 e. The first-order valence-electron chi connectivity index (χ1n) is 8.74. The fourth-order valence-corrected chi connectivity index (χ4v) is 4.45. The van der Waals surface area contributed by atoms with E-state index >= 15 is 0 Å². The number of aromatic nitrogens is 1. The van der Waals surface area contributed by atoms with Crippen LogP contribution in [0.15, 0.2) is 87.5 Å². The van der Waals surface area contributed by atoms with Gasteiger partial charge in [-0.1, -0.05) is 24.3 Å². The van der Waals surface area contributed by atoms with Crippen molar-refractivity contribution < 1.29 is 14.1 Å². The van der Waals surface area contributed by atoms with Crippen LogP contribution in [0.3, 0.4) is 0 Å². The minimum atomic E-state index is -1.36. The molecule has 0 bridgehead atoms. The van der Waals surface area contributed by atoms with Gasteiger partial charge in [0.2, 0.25) is 0 Å². The highest BCUT2D eigenvalue weighted by Gasteiger charge is 2.30. The van der Waals surface area contributed by atoms with Gasteiger partial charge in [0.15, 0.2) is 0 Å². The first kappa shape index (κ1) is 17.7. The van der Waals surface area contributed by atoms with E-state index in [1.165, 1.54) is 10.6 Å². The molecule has 3 atom stereocenters. The monoisotopic (exact) mass is 381 g/mol. The minimum Gasteiger partial charge on any atom is -0.493 e. The molecule has 27 heavy (non-hydrogen) atoms. The molecule has 0 saturated heterocycles. The molecule has 2 heterocycles. The maximum absolute atomic E-state index is 12.9. The molecule has 5 nitrogen and oxygen atoms in total. The number of benzene rings is 2. The van der Waals surface area contributed by atoms with Gasteiger partial charge in [0.25, 0.3) is 5.56 Å². The smallest absolute Gasteiger partial charge is 0.251 e. The molecule has 138 valence electrons. The molecule has 0 radical (unpaired) electrons. The van der Waals surface area contributed by atoms with Crippen LogP contribution < -0.4 is 10.3 Å². The van der Waals surface area contributed by atoms with Crippen LogP contribution in [-0.4, -0.2) is 26.6 Å². The van der Waals surface area contributed by atoms with Gasteiger partial charge in [-0.05, 0) is 36.4 Å². The highest BCUT2D eigenvalue weighted by molar-refractivity contribution is 7.85. The summed E-state index contributed by atoms with van der Waals surface area (Å²) >= 11 is 0. The molecule has 1 N–H and O–H groups in total. The Balaban J connectivity index is 1.84. The first-order chi connectivity index (χ1) is 13.1. The van der Waals surface area contributed by atoms with E-state index < -0.39 is 22.9 Å². The fourth-order valence-electron chi connectivity index (χ4n) is 3.34. The van der Waals surface area contributed by atoms with E-state index in [1.807, 2.05) is 30.3 Å². The molecule has 1 aliphatic rings. The topological polar surface area (TPSA) is 68.5 Å². The molecule has 1 aromatic heterocycles. The Kier molecular flexibility index (Phi) is 4.92. The van der Waals surface area contributed by atoms with Gasteiger partial charge in [0, 0.05) is 34.0 Å². The van der Waals surface area contributed by atoms with Crippen molar-refractivity contribution in [1.29, 1.82) is 0 Å². The second-order valence-electron chi connectivity index (χ2n) is 6.38. The largest absolute Gasteiger partial charge is 0.493 e. The van der Waals surface area contributed by atoms with Crippen molar-refractivity contribution in [3.63, 3.8) is 0 Å². The normalized spacial score (nSPS) is 20.2. The Labute approximate surface area is 159 Å². The fraction of sp³-hybridized carbons (Fsp3) is 0.190. The number of pyridine rings is 1. The number of hydrogen-bond donors (Lipinski definition) is 1. The van der Waals surface area contributed by atoms with Crippen molar-refractivity contribution in [1.82, 2.24) is 4.57 Å². The molecule has 1 aliphatic heterocycles. The molecule has 6 heteroatoms. The molecule has 0 saturated carbocycles. The Bertz CT molecular complexity index is 1030. The number of ether oxygens (including phenoxy) is 1. The predicted octanol–water partition coefficient (Wildman–Crippen LogP) is 2.75. The van der Waals surface area contributed by atoms with Crippen LogP contribution in [0.5, 0.6) is 5.75 Å². The summed E-state index contributed by atoms with van der Waals surface area (Å²) < 4.78 is 20.2. The third kappa shape index (κ3) is 3.46. The highest BCUT2D eigenvalue weighted by Crippen LogP contribution is 2.35. The van der Waals surface area contributed by atoms with E-state index in [2.05, 4.69) is 0 Å². The summed E-state index contributed by atoms with van der Waals surface area (Å²) in [6, 6.07) is 18.8. The van der Waals surface area contributed by atoms with Gasteiger partial charge in [-0.2, -0.15) is 0 Å². The number of nitrogens with zero attached hydrogens (tertiary/aromatic N) is 1. The Hall–Kier alpha value is -2.70. The van der Waals surface area contributed by atoms with E-state index in [1.54, 1.807) is 36.5 Å². The number of fused-ring (bicyclic) bond motifs is 1. The third-order valence-corrected chi connectivity index (χ3v) is 6.04. The van der Waals surface area contributed by atoms with Crippen LogP contribution in [-0.2, 0) is 10.8 Å². The van der Waals surface area contributed by atoms with Gasteiger partial charge in [-0.25, -0.2) is 4.21 Å². The minimum absolute atomic E-state index is 0.205. The Morgan fingerprint density at radius 3 is 2.56 bits per heavy atom. The van der Waals surface area contributed by atoms with Crippen LogP contribution in [0.2, 0.25) is 0 Å². The van der Waals surface area contributed by atoms with Crippen molar-refractivity contribution in [2.24, 2.45) is 0 Å². The number of aliphatic hydroxyl groups excluding tert-OH is 1. The van der Waals surface area contributed by atoms with Crippen LogP contribution in [0, 0.1) is 0 Å². The second-order valence-corrected chi connectivity index (χ2v) is 7.86. The summed E-state index contributed by atoms with van der Waals surface area (Å²) in [4.78, 5) is 13.7. The number of hydrogen-bond acceptors (Lipinski definition) is 4. The average Bonchev–Trinajstić information content (AvgIpc) is 2.86. The molecular formula is C21H19NO4S. The summed E-state index contributed by atoms with van der Waals surface area (Å²) in [5.74, 6) is 0.598. The highest BCUT2D eigenvalue weighted by atomic mass is 32.2. The zero-order valence-corrected chi connectivity index (χ0v) is 15.3. The van der Waals surface area contributed by atoms with Crippen molar-refractivity contribution in [3.8, 4) is 5.75 Å². The van der Waals surface area contributed by atoms with Crippen molar-refractivity contribution >= 4 is 10.8 Å². The van der Waals surface area contributed by atoms with E-state index in [9.17, 15) is 14.1 Å². The molecule has 4 rings (SSSR count). The first-order valence-corrected chi connectivity index (χ1v) is 9.89. The SMILES string of the molecule is O=c1ccccn1C1c2cc(S(=O)c3ccccc3)ccc2OCCC1O. The average molecular weight is 381 g/mol. The van der Waals surface area contributed by atoms with Crippen molar-refractivity contribution in [3.05, 3.63) is 88.8 Å². The summed E-state index contributed by atoms with van der Waals surface area (Å²) in [6.07, 6.45) is 1.27. The zero-order chi connectivity index (χ0) is 18.8. The van der Waals surface area contributed by atoms with Crippen molar-refractivity contribution in [2.75, 3.05) is 6.61 Å². The van der Waals surface area contributed by atoms with Crippen LogP contribution in [0.25, 0.3) is 0 Å². The summed E-state index contributed by atoms with van der Waals surface area (Å²) in [7, 11) is -1.36. The van der Waals surface area contributed by atoms with Crippen LogP contribution in [0.1, 0.15) is 18.0 Å². The summed E-state index contributed by atoms with van der Waals surface area (Å²) in [6.45, 7) is 0.355. The standard InChI is InChI=1S/C21H19NO4S/c23-18-11-13-26-19-10-9-16(27(25)15-6-2-1-3-7-15)14-17(19)21(18)22-12-5-4-8-20(22)24/h1-10,12,14,18,21,23H,11,13H2. The van der Waals surface area contributed by atoms with E-state index in [0.29, 0.717) is 34.1 Å². The van der Waals surface area contributed by atoms with Gasteiger partial charge in [0.1, 0.15) is 5.75 Å².